The lowest BCUT2D eigenvalue weighted by Crippen LogP contribution is -1.72. The van der Waals surface area contributed by atoms with E-state index in [2.05, 4.69) is 30.3 Å². The highest BCUT2D eigenvalue weighted by Crippen LogP contribution is 2.43. The zero-order valence-electron chi connectivity index (χ0n) is 6.77. The number of rotatable bonds is 2. The van der Waals surface area contributed by atoms with Crippen molar-refractivity contribution in [2.75, 3.05) is 0 Å². The van der Waals surface area contributed by atoms with Gasteiger partial charge in [0.1, 0.15) is 0 Å². The quantitative estimate of drug-likeness (QED) is 0.654. The van der Waals surface area contributed by atoms with E-state index < -0.39 is 0 Å². The van der Waals surface area contributed by atoms with Crippen molar-refractivity contribution < 1.29 is 0 Å². The Bertz CT molecular complexity index is 314. The molecular formula is C11H11N. The molecule has 60 valence electrons. The standard InChI is InChI=1S/C11H11N/c12-8-4-3-7-11-9-5-1-2-6-10(9)11/h1-8,11H,12H2/b7-3-,8-4-. The van der Waals surface area contributed by atoms with E-state index in [1.165, 1.54) is 11.1 Å². The van der Waals surface area contributed by atoms with Crippen LogP contribution in [0.2, 0.25) is 0 Å². The Morgan fingerprint density at radius 1 is 1.08 bits per heavy atom. The minimum absolute atomic E-state index is 0.552. The van der Waals surface area contributed by atoms with Crippen LogP contribution >= 0.6 is 0 Å². The summed E-state index contributed by atoms with van der Waals surface area (Å²) in [5.41, 5.74) is 8.10. The third-order valence-corrected chi connectivity index (χ3v) is 2.11. The van der Waals surface area contributed by atoms with Gasteiger partial charge in [-0.25, -0.2) is 0 Å². The maximum atomic E-state index is 5.21. The van der Waals surface area contributed by atoms with Gasteiger partial charge in [-0.3, -0.25) is 0 Å². The number of nitrogens with two attached hydrogens (primary N) is 1. The van der Waals surface area contributed by atoms with Gasteiger partial charge in [-0.05, 0) is 23.4 Å². The van der Waals surface area contributed by atoms with Crippen molar-refractivity contribution in [3.05, 3.63) is 59.8 Å². The van der Waals surface area contributed by atoms with Crippen LogP contribution in [-0.2, 0) is 0 Å². The van der Waals surface area contributed by atoms with E-state index >= 15 is 0 Å². The second kappa shape index (κ2) is 2.86. The van der Waals surface area contributed by atoms with Gasteiger partial charge in [-0.2, -0.15) is 0 Å². The molecule has 1 nitrogen and oxygen atoms in total. The van der Waals surface area contributed by atoms with E-state index in [9.17, 15) is 0 Å². The first kappa shape index (κ1) is 7.17. The number of benzene rings is 1. The number of allylic oxidation sites excluding steroid dienone is 3. The average molecular weight is 157 g/mol. The molecule has 1 aromatic rings. The summed E-state index contributed by atoms with van der Waals surface area (Å²) < 4.78 is 0. The van der Waals surface area contributed by atoms with Gasteiger partial charge in [0, 0.05) is 5.92 Å². The predicted molar refractivity (Wildman–Crippen MR) is 50.8 cm³/mol. The zero-order valence-corrected chi connectivity index (χ0v) is 6.77. The van der Waals surface area contributed by atoms with E-state index in [0.29, 0.717) is 5.92 Å². The summed E-state index contributed by atoms with van der Waals surface area (Å²) in [4.78, 5) is 0. The molecule has 0 unspecified atom stereocenters. The molecule has 1 aromatic carbocycles. The third-order valence-electron chi connectivity index (χ3n) is 2.11. The first-order valence-electron chi connectivity index (χ1n) is 4.07. The SMILES string of the molecule is N/C=C\C=C/C1c2ccccc21. The van der Waals surface area contributed by atoms with Crippen molar-refractivity contribution in [1.29, 1.82) is 0 Å². The van der Waals surface area contributed by atoms with Crippen LogP contribution in [0.5, 0.6) is 0 Å². The predicted octanol–water partition coefficient (Wildman–Crippen LogP) is 2.16. The molecule has 1 aliphatic carbocycles. The van der Waals surface area contributed by atoms with E-state index in [1.807, 2.05) is 12.2 Å². The van der Waals surface area contributed by atoms with Gasteiger partial charge in [-0.1, -0.05) is 36.4 Å². The van der Waals surface area contributed by atoms with Crippen molar-refractivity contribution in [3.8, 4) is 0 Å². The largest absolute Gasteiger partial charge is 0.405 e. The van der Waals surface area contributed by atoms with Crippen LogP contribution in [0.4, 0.5) is 0 Å². The van der Waals surface area contributed by atoms with Gasteiger partial charge in [0.2, 0.25) is 0 Å². The topological polar surface area (TPSA) is 26.0 Å². The minimum atomic E-state index is 0.552. The molecule has 0 fully saturated rings. The zero-order chi connectivity index (χ0) is 8.39. The fourth-order valence-corrected chi connectivity index (χ4v) is 1.44. The van der Waals surface area contributed by atoms with Gasteiger partial charge in [-0.15, -0.1) is 0 Å². The van der Waals surface area contributed by atoms with Gasteiger partial charge in [0.25, 0.3) is 0 Å². The highest BCUT2D eigenvalue weighted by atomic mass is 14.5. The summed E-state index contributed by atoms with van der Waals surface area (Å²) in [5, 5.41) is 0. The molecule has 1 heteroatoms. The molecule has 12 heavy (non-hydrogen) atoms. The molecule has 0 saturated heterocycles. The Labute approximate surface area is 72.2 Å². The van der Waals surface area contributed by atoms with Crippen molar-refractivity contribution in [2.45, 2.75) is 5.92 Å². The van der Waals surface area contributed by atoms with E-state index in [-0.39, 0.29) is 0 Å². The fraction of sp³-hybridized carbons (Fsp3) is 0.0909. The molecule has 0 aromatic heterocycles. The minimum Gasteiger partial charge on any atom is -0.405 e. The molecule has 0 bridgehead atoms. The van der Waals surface area contributed by atoms with Gasteiger partial charge >= 0.3 is 0 Å². The van der Waals surface area contributed by atoms with E-state index in [1.54, 1.807) is 6.20 Å². The van der Waals surface area contributed by atoms with Crippen molar-refractivity contribution in [3.63, 3.8) is 0 Å². The highest BCUT2D eigenvalue weighted by Gasteiger charge is 2.28. The number of hydrogen-bond donors (Lipinski definition) is 1. The normalized spacial score (nSPS) is 15.7. The maximum absolute atomic E-state index is 5.21. The molecule has 0 radical (unpaired) electrons. The first-order valence-corrected chi connectivity index (χ1v) is 4.07. The van der Waals surface area contributed by atoms with Crippen molar-refractivity contribution in [2.24, 2.45) is 5.73 Å². The molecule has 2 rings (SSSR count). The Morgan fingerprint density at radius 3 is 2.33 bits per heavy atom. The summed E-state index contributed by atoms with van der Waals surface area (Å²) >= 11 is 0. The Hall–Kier alpha value is -1.50. The molecule has 0 amide bonds. The maximum Gasteiger partial charge on any atom is 0.0278 e. The molecular weight excluding hydrogens is 146 g/mol. The molecule has 0 aliphatic heterocycles. The van der Waals surface area contributed by atoms with Crippen LogP contribution in [0.1, 0.15) is 17.0 Å². The second-order valence-corrected chi connectivity index (χ2v) is 2.88. The van der Waals surface area contributed by atoms with Crippen LogP contribution in [0.15, 0.2) is 48.7 Å². The van der Waals surface area contributed by atoms with E-state index in [4.69, 9.17) is 5.73 Å². The van der Waals surface area contributed by atoms with Gasteiger partial charge in [0.05, 0.1) is 0 Å². The lowest BCUT2D eigenvalue weighted by molar-refractivity contribution is 1.30. The highest BCUT2D eigenvalue weighted by molar-refractivity contribution is 5.56. The third kappa shape index (κ3) is 1.14. The van der Waals surface area contributed by atoms with Crippen LogP contribution in [-0.4, -0.2) is 0 Å². The van der Waals surface area contributed by atoms with Gasteiger partial charge < -0.3 is 5.73 Å². The van der Waals surface area contributed by atoms with E-state index in [0.717, 1.165) is 0 Å². The Kier molecular flexibility index (Phi) is 1.71. The van der Waals surface area contributed by atoms with Crippen LogP contribution in [0, 0.1) is 0 Å². The van der Waals surface area contributed by atoms with Crippen LogP contribution in [0.25, 0.3) is 0 Å². The molecule has 1 aliphatic rings. The Balaban J connectivity index is 2.06. The smallest absolute Gasteiger partial charge is 0.0278 e. The molecule has 0 atom stereocenters. The molecule has 2 N–H and O–H groups in total. The van der Waals surface area contributed by atoms with Crippen molar-refractivity contribution in [1.82, 2.24) is 0 Å². The number of hydrogen-bond acceptors (Lipinski definition) is 1. The molecule has 0 saturated carbocycles. The Morgan fingerprint density at radius 2 is 1.75 bits per heavy atom. The summed E-state index contributed by atoms with van der Waals surface area (Å²) in [5.74, 6) is 0.552. The summed E-state index contributed by atoms with van der Waals surface area (Å²) in [6, 6.07) is 8.48. The average Bonchev–Trinajstić information content (AvgIpc) is 2.80. The monoisotopic (exact) mass is 157 g/mol. The lowest BCUT2D eigenvalue weighted by atomic mass is 10.3. The number of fused-ring (bicyclic) bond motifs is 1. The first-order chi connectivity index (χ1) is 5.93. The van der Waals surface area contributed by atoms with Crippen LogP contribution < -0.4 is 5.73 Å². The lowest BCUT2D eigenvalue weighted by Gasteiger charge is -1.78. The fourth-order valence-electron chi connectivity index (χ4n) is 1.44. The molecule has 0 spiro atoms. The second-order valence-electron chi connectivity index (χ2n) is 2.88. The van der Waals surface area contributed by atoms with Crippen molar-refractivity contribution >= 4 is 0 Å². The summed E-state index contributed by atoms with van der Waals surface area (Å²) in [6.45, 7) is 0. The summed E-state index contributed by atoms with van der Waals surface area (Å²) in [6.07, 6.45) is 7.54. The summed E-state index contributed by atoms with van der Waals surface area (Å²) in [7, 11) is 0. The molecule has 0 heterocycles. The van der Waals surface area contributed by atoms with Crippen LogP contribution in [0.3, 0.4) is 0 Å². The van der Waals surface area contributed by atoms with Gasteiger partial charge in [0.15, 0.2) is 0 Å².